The van der Waals surface area contributed by atoms with Gasteiger partial charge in [0.15, 0.2) is 0 Å². The van der Waals surface area contributed by atoms with Gasteiger partial charge in [-0.2, -0.15) is 0 Å². The van der Waals surface area contributed by atoms with Crippen LogP contribution in [-0.2, 0) is 11.8 Å². The number of hydrogen-bond acceptors (Lipinski definition) is 4. The highest BCUT2D eigenvalue weighted by molar-refractivity contribution is 6.39. The zero-order valence-electron chi connectivity index (χ0n) is 16.7. The Labute approximate surface area is 174 Å². The van der Waals surface area contributed by atoms with E-state index in [2.05, 4.69) is 46.6 Å². The Bertz CT molecular complexity index is 1210. The summed E-state index contributed by atoms with van der Waals surface area (Å²) in [6.45, 7) is 7.16. The molecule has 0 bridgehead atoms. The van der Waals surface area contributed by atoms with E-state index in [4.69, 9.17) is 21.1 Å². The van der Waals surface area contributed by atoms with E-state index in [0.717, 1.165) is 60.3 Å². The number of ether oxygens (including phenoxy) is 2. The zero-order chi connectivity index (χ0) is 20.0. The summed E-state index contributed by atoms with van der Waals surface area (Å²) in [4.78, 5) is 6.65. The number of benzene rings is 2. The van der Waals surface area contributed by atoms with Gasteiger partial charge in [-0.05, 0) is 42.1 Å². The fraction of sp³-hybridized carbons (Fsp3) is 0.348. The van der Waals surface area contributed by atoms with E-state index < -0.39 is 0 Å². The largest absolute Gasteiger partial charge is 0.491 e. The maximum atomic E-state index is 6.87. The molecule has 3 heterocycles. The molecule has 0 unspecified atom stereocenters. The highest BCUT2D eigenvalue weighted by atomic mass is 35.5. The number of aromatic nitrogens is 2. The van der Waals surface area contributed by atoms with E-state index in [1.807, 2.05) is 18.5 Å². The third-order valence-corrected chi connectivity index (χ3v) is 6.36. The Kier molecular flexibility index (Phi) is 4.82. The van der Waals surface area contributed by atoms with E-state index in [1.54, 1.807) is 0 Å². The van der Waals surface area contributed by atoms with Crippen LogP contribution in [0.5, 0.6) is 5.75 Å². The summed E-state index contributed by atoms with van der Waals surface area (Å²) in [5.41, 5.74) is 3.55. The van der Waals surface area contributed by atoms with Gasteiger partial charge in [-0.15, -0.1) is 0 Å². The van der Waals surface area contributed by atoms with Crippen molar-refractivity contribution in [2.75, 3.05) is 39.5 Å². The van der Waals surface area contributed by atoms with Gasteiger partial charge in [0.25, 0.3) is 0 Å². The van der Waals surface area contributed by atoms with Crippen molar-refractivity contribution in [1.29, 1.82) is 0 Å². The van der Waals surface area contributed by atoms with E-state index in [1.165, 1.54) is 16.5 Å². The van der Waals surface area contributed by atoms with E-state index in [0.29, 0.717) is 11.6 Å². The summed E-state index contributed by atoms with van der Waals surface area (Å²) >= 11 is 6.87. The van der Waals surface area contributed by atoms with Crippen molar-refractivity contribution in [3.63, 3.8) is 0 Å². The van der Waals surface area contributed by atoms with Gasteiger partial charge in [0.2, 0.25) is 0 Å². The van der Waals surface area contributed by atoms with Crippen LogP contribution in [0.2, 0.25) is 5.02 Å². The number of rotatable bonds is 4. The number of nitrogens with zero attached hydrogens (tertiary/aromatic N) is 3. The predicted octanol–water partition coefficient (Wildman–Crippen LogP) is 4.55. The van der Waals surface area contributed by atoms with Crippen LogP contribution in [0, 0.1) is 6.92 Å². The van der Waals surface area contributed by atoms with E-state index in [9.17, 15) is 0 Å². The summed E-state index contributed by atoms with van der Waals surface area (Å²) in [6, 6.07) is 8.35. The lowest BCUT2D eigenvalue weighted by molar-refractivity contribution is 0.0322. The monoisotopic (exact) mass is 409 g/mol. The van der Waals surface area contributed by atoms with Crippen molar-refractivity contribution in [1.82, 2.24) is 14.5 Å². The molecular weight excluding hydrogens is 386 g/mol. The number of pyridine rings is 1. The predicted molar refractivity (Wildman–Crippen MR) is 118 cm³/mol. The Morgan fingerprint density at radius 2 is 2.00 bits per heavy atom. The quantitative estimate of drug-likeness (QED) is 0.495. The summed E-state index contributed by atoms with van der Waals surface area (Å²) in [6.07, 6.45) is 3.76. The summed E-state index contributed by atoms with van der Waals surface area (Å²) in [7, 11) is 2.10. The topological polar surface area (TPSA) is 39.5 Å². The molecule has 0 spiro atoms. The minimum absolute atomic E-state index is 0.613. The molecule has 0 aliphatic carbocycles. The van der Waals surface area contributed by atoms with Gasteiger partial charge in [-0.1, -0.05) is 11.6 Å². The Morgan fingerprint density at radius 1 is 1.17 bits per heavy atom. The molecule has 5 rings (SSSR count). The normalized spacial score (nSPS) is 15.6. The number of fused-ring (bicyclic) bond motifs is 4. The molecule has 0 N–H and O–H groups in total. The number of morpholine rings is 1. The molecule has 150 valence electrons. The summed E-state index contributed by atoms with van der Waals surface area (Å²) < 4.78 is 13.7. The molecular formula is C23H24ClN3O2. The first-order valence-electron chi connectivity index (χ1n) is 10.0. The highest BCUT2D eigenvalue weighted by Crippen LogP contribution is 2.41. The Hall–Kier alpha value is -2.34. The first-order chi connectivity index (χ1) is 14.1. The molecule has 1 aliphatic rings. The maximum absolute atomic E-state index is 6.87. The fourth-order valence-electron chi connectivity index (χ4n) is 4.46. The first kappa shape index (κ1) is 18.7. The van der Waals surface area contributed by atoms with Crippen LogP contribution >= 0.6 is 11.6 Å². The number of hydrogen-bond donors (Lipinski definition) is 0. The van der Waals surface area contributed by atoms with Crippen LogP contribution in [0.4, 0.5) is 0 Å². The second kappa shape index (κ2) is 7.48. The van der Waals surface area contributed by atoms with Crippen molar-refractivity contribution in [3.05, 3.63) is 47.2 Å². The molecule has 0 radical (unpaired) electrons. The molecule has 0 saturated carbocycles. The molecule has 0 amide bonds. The fourth-order valence-corrected chi connectivity index (χ4v) is 4.78. The average Bonchev–Trinajstić information content (AvgIpc) is 3.03. The van der Waals surface area contributed by atoms with Crippen molar-refractivity contribution in [2.45, 2.75) is 6.92 Å². The van der Waals surface area contributed by atoms with Crippen LogP contribution in [-0.4, -0.2) is 53.9 Å². The van der Waals surface area contributed by atoms with Crippen molar-refractivity contribution < 1.29 is 9.47 Å². The van der Waals surface area contributed by atoms with Gasteiger partial charge in [0.1, 0.15) is 12.4 Å². The van der Waals surface area contributed by atoms with Gasteiger partial charge in [-0.25, -0.2) is 0 Å². The standard InChI is InChI=1S/C23H24ClN3O2/c1-15-17-5-6-25-14-16(17)13-18-21-19(26(2)23(15)18)3-4-20(22(21)24)29-12-9-27-7-10-28-11-8-27/h3-6,13-14H,7-12H2,1-2H3. The molecule has 4 aromatic rings. The summed E-state index contributed by atoms with van der Waals surface area (Å²) in [5, 5.41) is 5.21. The number of halogens is 1. The SMILES string of the molecule is Cc1c2ccncc2cc2c3c(Cl)c(OCCN4CCOCC4)ccc3n(C)c12. The molecule has 2 aromatic heterocycles. The Balaban J connectivity index is 1.56. The lowest BCUT2D eigenvalue weighted by atomic mass is 10.0. The number of aryl methyl sites for hydroxylation is 2. The van der Waals surface area contributed by atoms with E-state index >= 15 is 0 Å². The molecule has 5 nitrogen and oxygen atoms in total. The molecule has 2 aromatic carbocycles. The highest BCUT2D eigenvalue weighted by Gasteiger charge is 2.18. The minimum atomic E-state index is 0.613. The van der Waals surface area contributed by atoms with Crippen LogP contribution in [0.25, 0.3) is 32.6 Å². The average molecular weight is 410 g/mol. The van der Waals surface area contributed by atoms with E-state index in [-0.39, 0.29) is 0 Å². The van der Waals surface area contributed by atoms with Gasteiger partial charge in [0.05, 0.1) is 29.3 Å². The third kappa shape index (κ3) is 3.14. The van der Waals surface area contributed by atoms with Crippen LogP contribution in [0.1, 0.15) is 5.56 Å². The van der Waals surface area contributed by atoms with Gasteiger partial charge in [0, 0.05) is 55.2 Å². The van der Waals surface area contributed by atoms with Crippen LogP contribution in [0.15, 0.2) is 36.7 Å². The lowest BCUT2D eigenvalue weighted by Crippen LogP contribution is -2.38. The molecule has 1 fully saturated rings. The Morgan fingerprint density at radius 3 is 2.83 bits per heavy atom. The van der Waals surface area contributed by atoms with Crippen LogP contribution in [0.3, 0.4) is 0 Å². The third-order valence-electron chi connectivity index (χ3n) is 5.99. The van der Waals surface area contributed by atoms with Gasteiger partial charge >= 0.3 is 0 Å². The van der Waals surface area contributed by atoms with Crippen LogP contribution < -0.4 is 4.74 Å². The molecule has 6 heteroatoms. The smallest absolute Gasteiger partial charge is 0.138 e. The van der Waals surface area contributed by atoms with Crippen molar-refractivity contribution in [2.24, 2.45) is 7.05 Å². The van der Waals surface area contributed by atoms with Gasteiger partial charge < -0.3 is 14.0 Å². The summed E-state index contributed by atoms with van der Waals surface area (Å²) in [5.74, 6) is 0.740. The van der Waals surface area contributed by atoms with Gasteiger partial charge in [-0.3, -0.25) is 9.88 Å². The van der Waals surface area contributed by atoms with Crippen molar-refractivity contribution >= 4 is 44.2 Å². The molecule has 1 aliphatic heterocycles. The second-order valence-electron chi connectivity index (χ2n) is 7.63. The lowest BCUT2D eigenvalue weighted by Gasteiger charge is -2.26. The minimum Gasteiger partial charge on any atom is -0.491 e. The second-order valence-corrected chi connectivity index (χ2v) is 8.01. The van der Waals surface area contributed by atoms with Crippen molar-refractivity contribution in [3.8, 4) is 5.75 Å². The molecule has 29 heavy (non-hydrogen) atoms. The molecule has 1 saturated heterocycles. The zero-order valence-corrected chi connectivity index (χ0v) is 17.5. The molecule has 0 atom stereocenters. The first-order valence-corrected chi connectivity index (χ1v) is 10.4. The maximum Gasteiger partial charge on any atom is 0.138 e.